The molecule has 0 radical (unpaired) electrons. The number of carbonyl (C=O) groups is 8. The number of ketones is 4. The summed E-state index contributed by atoms with van der Waals surface area (Å²) in [5.41, 5.74) is 4.04. The van der Waals surface area contributed by atoms with Gasteiger partial charge in [0, 0.05) is 101 Å². The van der Waals surface area contributed by atoms with E-state index in [0.29, 0.717) is 104 Å². The number of halogens is 7. The van der Waals surface area contributed by atoms with Gasteiger partial charge in [-0.3, -0.25) is 58.0 Å². The molecule has 0 bridgehead atoms. The third-order valence-corrected chi connectivity index (χ3v) is 34.7. The molecule has 696 valence electrons. The molecular weight excluding hydrogens is 1790 g/mol. The number of anilines is 8. The molecule has 17 rings (SSSR count). The predicted octanol–water partition coefficient (Wildman–Crippen LogP) is 18.1. The first-order valence-corrected chi connectivity index (χ1v) is 49.8. The van der Waals surface area contributed by atoms with Gasteiger partial charge in [-0.05, 0) is 190 Å². The van der Waals surface area contributed by atoms with Crippen molar-refractivity contribution in [3.63, 3.8) is 0 Å². The normalized spacial score (nSPS) is 21.4. The predicted molar refractivity (Wildman–Crippen MR) is 478 cm³/mol. The summed E-state index contributed by atoms with van der Waals surface area (Å²) in [5, 5.41) is 0. The minimum absolute atomic E-state index is 0.00536. The number of alkyl halides is 7. The van der Waals surface area contributed by atoms with Crippen LogP contribution in [0.1, 0.15) is 197 Å². The van der Waals surface area contributed by atoms with Crippen LogP contribution in [-0.2, 0) is 74.8 Å². The van der Waals surface area contributed by atoms with Gasteiger partial charge in [0.05, 0.1) is 114 Å². The molecule has 8 aromatic rings. The Labute approximate surface area is 755 Å². The van der Waals surface area contributed by atoms with E-state index in [0.717, 1.165) is 17.7 Å². The van der Waals surface area contributed by atoms with E-state index < -0.39 is 109 Å². The van der Waals surface area contributed by atoms with Gasteiger partial charge in [-0.25, -0.2) is 38.1 Å². The van der Waals surface area contributed by atoms with Crippen LogP contribution in [-0.4, -0.2) is 153 Å². The van der Waals surface area contributed by atoms with E-state index in [1.807, 2.05) is 33.8 Å². The summed E-state index contributed by atoms with van der Waals surface area (Å²) in [4.78, 5) is 111. The van der Waals surface area contributed by atoms with Crippen molar-refractivity contribution in [2.24, 2.45) is 27.6 Å². The van der Waals surface area contributed by atoms with Crippen molar-refractivity contribution >= 4 is 132 Å². The first kappa shape index (κ1) is 95.9. The largest absolute Gasteiger partial charge is 0.461 e. The van der Waals surface area contributed by atoms with E-state index in [2.05, 4.69) is 14.2 Å². The fourth-order valence-electron chi connectivity index (χ4n) is 19.8. The summed E-state index contributed by atoms with van der Waals surface area (Å²) in [6.45, 7) is 10.5. The quantitative estimate of drug-likeness (QED) is 0.0359. The Bertz CT molecular complexity index is 6270. The van der Waals surface area contributed by atoms with Gasteiger partial charge in [-0.15, -0.1) is 0 Å². The van der Waals surface area contributed by atoms with Crippen molar-refractivity contribution in [3.05, 3.63) is 214 Å². The van der Waals surface area contributed by atoms with Crippen LogP contribution in [0.4, 0.5) is 76.2 Å². The summed E-state index contributed by atoms with van der Waals surface area (Å²) in [6.07, 6.45) is 1.83. The summed E-state index contributed by atoms with van der Waals surface area (Å²) in [6, 6.07) is 44.9. The number of hydrogen-bond donors (Lipinski definition) is 0. The maximum absolute atomic E-state index is 13.6. The molecule has 4 saturated heterocycles. The van der Waals surface area contributed by atoms with E-state index in [1.165, 1.54) is 76.2 Å². The molecule has 0 N–H and O–H groups in total. The second-order valence-corrected chi connectivity index (χ2v) is 46.3. The maximum atomic E-state index is 13.6. The lowest BCUT2D eigenvalue weighted by atomic mass is 9.65. The standard InChI is InChI=1S/C25H26FNO5S.2C24H25F2NO5S.C23H23F2NO5S/c1-16(26)32-19-6-3-5-18(12-19)27-21-8-7-17(11-20(21)25(23(27)29)9-4-10-25)22(28)13-24(2)14-33(30,31)15-24;1-14(2)21-18-9-15(20(28)11-24(3)12-33(30,31)13-24)7-8-19(18)27(22(21)29)16-5-4-6-17(10-16)32-23(25)26;1-4-24(3)18-10-15(20(28)12-23(2)13-33(30,31)14-23)8-9-19(18)27(21(24)29)16-6-5-7-17(11-16)32-22(25)26;1-22(2)17-9-14(19(27)11-23(3)12-32(29,30)13-23)7-8-18(17)26(20(22)28)15-5-4-6-16(10-15)31-21(24)25/h3,5-8,11-12,16H,4,9-10,13-15H2,1-2H3;4-10,14,21,23H,11-13H2,1-3H3;5-11,22H,4,12-14H2,1-3H3;4-10,21H,11-13H2,1-3H3/t;;24-;/m..1./s1. The fourth-order valence-corrected chi connectivity index (χ4v) is 28.8. The third kappa shape index (κ3) is 19.6. The van der Waals surface area contributed by atoms with Crippen molar-refractivity contribution in [1.82, 2.24) is 0 Å². The lowest BCUT2D eigenvalue weighted by Gasteiger charge is -2.37. The maximum Gasteiger partial charge on any atom is 0.387 e. The first-order chi connectivity index (χ1) is 61.1. The molecular formula is C96H99F7N4O20S4. The number of sulfone groups is 4. The van der Waals surface area contributed by atoms with Crippen LogP contribution in [0.5, 0.6) is 23.0 Å². The van der Waals surface area contributed by atoms with Gasteiger partial charge in [0.2, 0.25) is 30.0 Å². The van der Waals surface area contributed by atoms with Crippen LogP contribution in [0.3, 0.4) is 0 Å². The Balaban J connectivity index is 0.000000141. The Morgan fingerprint density at radius 2 is 0.679 bits per heavy atom. The second kappa shape index (κ2) is 35.1. The number of Topliss-reactive ketones (excluding diaryl/α,β-unsaturated/α-hetero) is 4. The SMILES string of the molecule is CC(C)C1C(=O)N(c2cccc(OC(F)F)c2)c2ccc(C(=O)CC3(C)CS(=O)(=O)C3)cc21.CC(F)Oc1cccc(N2C(=O)C3(CCC3)c3cc(C(=O)CC4(C)CS(=O)(=O)C4)ccc32)c1.CC1(CC(=O)c2ccc3c(c2)C(C)(C)C(=O)N3c2cccc(OC(F)F)c2)CS(=O)(=O)C1.CC[C@@]1(C)C(=O)N(c2cccc(OC(F)F)c2)c2ccc(C(=O)CC3(C)CS(=O)(=O)C3)cc21. The van der Waals surface area contributed by atoms with Crippen LogP contribution in [0, 0.1) is 27.6 Å². The summed E-state index contributed by atoms with van der Waals surface area (Å²) in [7, 11) is -12.2. The molecule has 0 aromatic heterocycles. The molecule has 1 saturated carbocycles. The van der Waals surface area contributed by atoms with Crippen molar-refractivity contribution in [1.29, 1.82) is 0 Å². The minimum Gasteiger partial charge on any atom is -0.461 e. The molecule has 8 aliphatic heterocycles. The molecule has 131 heavy (non-hydrogen) atoms. The number of nitrogens with zero attached hydrogens (tertiary/aromatic N) is 4. The van der Waals surface area contributed by atoms with E-state index in [-0.39, 0.29) is 142 Å². The van der Waals surface area contributed by atoms with E-state index in [9.17, 15) is 103 Å². The van der Waals surface area contributed by atoms with E-state index in [4.69, 9.17) is 4.74 Å². The average molecular weight is 1890 g/mol. The number of rotatable bonds is 26. The molecule has 3 atom stereocenters. The number of carbonyl (C=O) groups excluding carboxylic acids is 8. The fraction of sp³-hybridized carbons (Fsp3) is 0.417. The molecule has 8 aromatic carbocycles. The molecule has 5 fully saturated rings. The number of benzene rings is 8. The van der Waals surface area contributed by atoms with Gasteiger partial charge in [0.15, 0.2) is 62.5 Å². The lowest BCUT2D eigenvalue weighted by Crippen LogP contribution is -2.47. The zero-order valence-corrected chi connectivity index (χ0v) is 76.9. The number of amides is 4. The zero-order valence-electron chi connectivity index (χ0n) is 73.7. The van der Waals surface area contributed by atoms with Crippen molar-refractivity contribution in [2.45, 2.75) is 176 Å². The second-order valence-electron chi connectivity index (χ2n) is 38.1. The van der Waals surface area contributed by atoms with Crippen LogP contribution in [0.15, 0.2) is 170 Å². The Morgan fingerprint density at radius 3 is 1.01 bits per heavy atom. The molecule has 1 aliphatic carbocycles. The summed E-state index contributed by atoms with van der Waals surface area (Å²) >= 11 is 0. The number of fused-ring (bicyclic) bond motifs is 5. The van der Waals surface area contributed by atoms with Crippen LogP contribution in [0.25, 0.3) is 0 Å². The minimum atomic E-state index is -3.07. The topological polar surface area (TPSA) is 323 Å². The number of hydrogen-bond acceptors (Lipinski definition) is 20. The molecule has 2 unspecified atom stereocenters. The van der Waals surface area contributed by atoms with Gasteiger partial charge in [-0.1, -0.05) is 79.2 Å². The molecule has 35 heteroatoms. The smallest absolute Gasteiger partial charge is 0.387 e. The average Bonchev–Trinajstić information content (AvgIpc) is 1.55. The Kier molecular flexibility index (Phi) is 25.7. The third-order valence-electron chi connectivity index (χ3n) is 25.7. The Morgan fingerprint density at radius 1 is 0.374 bits per heavy atom. The van der Waals surface area contributed by atoms with Crippen molar-refractivity contribution in [3.8, 4) is 23.0 Å². The van der Waals surface area contributed by atoms with Gasteiger partial charge in [-0.2, -0.15) is 26.3 Å². The molecule has 9 aliphatic rings. The number of ether oxygens (including phenoxy) is 4. The zero-order chi connectivity index (χ0) is 95.4. The van der Waals surface area contributed by atoms with Crippen LogP contribution >= 0.6 is 0 Å². The van der Waals surface area contributed by atoms with Crippen molar-refractivity contribution < 1.29 is 122 Å². The van der Waals surface area contributed by atoms with Gasteiger partial charge < -0.3 is 18.9 Å². The van der Waals surface area contributed by atoms with Gasteiger partial charge in [0.1, 0.15) is 23.0 Å². The molecule has 1 spiro atoms. The highest BCUT2D eigenvalue weighted by Crippen LogP contribution is 2.58. The summed E-state index contributed by atoms with van der Waals surface area (Å²) in [5.74, 6) is -1.78. The first-order valence-electron chi connectivity index (χ1n) is 42.6. The highest BCUT2D eigenvalue weighted by molar-refractivity contribution is 7.93. The van der Waals surface area contributed by atoms with Crippen LogP contribution < -0.4 is 38.5 Å². The monoisotopic (exact) mass is 1890 g/mol. The van der Waals surface area contributed by atoms with Gasteiger partial charge >= 0.3 is 19.8 Å². The molecule has 4 amide bonds. The van der Waals surface area contributed by atoms with E-state index in [1.54, 1.807) is 156 Å². The lowest BCUT2D eigenvalue weighted by molar-refractivity contribution is -0.125. The molecule has 8 heterocycles. The van der Waals surface area contributed by atoms with E-state index >= 15 is 0 Å². The van der Waals surface area contributed by atoms with Gasteiger partial charge in [0.25, 0.3) is 0 Å². The van der Waals surface area contributed by atoms with Crippen LogP contribution in [0.2, 0.25) is 0 Å². The highest BCUT2D eigenvalue weighted by Gasteiger charge is 2.57. The highest BCUT2D eigenvalue weighted by atomic mass is 32.2. The molecule has 24 nitrogen and oxygen atoms in total. The Hall–Kier alpha value is -11.2. The summed E-state index contributed by atoms with van der Waals surface area (Å²) < 4.78 is 200. The van der Waals surface area contributed by atoms with Crippen molar-refractivity contribution in [2.75, 3.05) is 65.6 Å².